The second-order valence-corrected chi connectivity index (χ2v) is 5.85. The lowest BCUT2D eigenvalue weighted by Crippen LogP contribution is -2.50. The molecule has 0 aromatic heterocycles. The summed E-state index contributed by atoms with van der Waals surface area (Å²) in [5.41, 5.74) is -5.34. The number of alkyl halides is 3. The van der Waals surface area contributed by atoms with E-state index in [9.17, 15) is 26.4 Å². The Morgan fingerprint density at radius 1 is 1.41 bits per heavy atom. The highest BCUT2D eigenvalue weighted by Crippen LogP contribution is 2.33. The van der Waals surface area contributed by atoms with Crippen molar-refractivity contribution in [3.8, 4) is 0 Å². The smallest absolute Gasteiger partial charge is 0.481 e. The van der Waals surface area contributed by atoms with Gasteiger partial charge in [-0.15, -0.1) is 0 Å². The molecule has 1 aliphatic rings. The first-order chi connectivity index (χ1) is 7.57. The molecular weight excluding hydrogens is 263 g/mol. The second kappa shape index (κ2) is 4.45. The van der Waals surface area contributed by atoms with Crippen LogP contribution < -0.4 is 0 Å². The van der Waals surface area contributed by atoms with E-state index in [0.717, 1.165) is 0 Å². The monoisotopic (exact) mass is 275 g/mol. The van der Waals surface area contributed by atoms with Gasteiger partial charge in [0.15, 0.2) is 0 Å². The van der Waals surface area contributed by atoms with E-state index < -0.39 is 40.0 Å². The normalized spacial score (nSPS) is 28.0. The quantitative estimate of drug-likeness (QED) is 0.816. The van der Waals surface area contributed by atoms with Crippen LogP contribution in [0.15, 0.2) is 0 Å². The number of carboxylic acid groups (broad SMARTS) is 1. The maximum atomic E-state index is 12.3. The molecule has 0 radical (unpaired) electrons. The van der Waals surface area contributed by atoms with Crippen molar-refractivity contribution < 1.29 is 31.5 Å². The van der Waals surface area contributed by atoms with Gasteiger partial charge in [0.25, 0.3) is 0 Å². The van der Waals surface area contributed by atoms with Crippen LogP contribution in [-0.2, 0) is 14.8 Å². The molecule has 2 unspecified atom stereocenters. The van der Waals surface area contributed by atoms with Crippen molar-refractivity contribution in [3.63, 3.8) is 0 Å². The molecule has 0 bridgehead atoms. The molecule has 0 amide bonds. The summed E-state index contributed by atoms with van der Waals surface area (Å²) in [5, 5.41) is 8.71. The van der Waals surface area contributed by atoms with Crippen molar-refractivity contribution in [2.24, 2.45) is 5.92 Å². The van der Waals surface area contributed by atoms with Gasteiger partial charge in [-0.05, 0) is 19.8 Å². The Kier molecular flexibility index (Phi) is 3.72. The number of hydrogen-bond donors (Lipinski definition) is 1. The number of rotatable bonds is 2. The zero-order valence-corrected chi connectivity index (χ0v) is 9.75. The molecule has 0 spiro atoms. The number of halogens is 3. The van der Waals surface area contributed by atoms with Crippen LogP contribution in [0.2, 0.25) is 0 Å². The van der Waals surface area contributed by atoms with E-state index in [1.807, 2.05) is 0 Å². The molecule has 0 aromatic rings. The fourth-order valence-electron chi connectivity index (χ4n) is 1.86. The predicted molar refractivity (Wildman–Crippen MR) is 51.5 cm³/mol. The van der Waals surface area contributed by atoms with Crippen LogP contribution in [0.1, 0.15) is 19.8 Å². The second-order valence-electron chi connectivity index (χ2n) is 3.97. The fourth-order valence-corrected chi connectivity index (χ4v) is 3.04. The van der Waals surface area contributed by atoms with Crippen molar-refractivity contribution in [3.05, 3.63) is 0 Å². The zero-order valence-electron chi connectivity index (χ0n) is 8.94. The van der Waals surface area contributed by atoms with E-state index in [1.165, 1.54) is 6.92 Å². The van der Waals surface area contributed by atoms with Crippen LogP contribution in [0.5, 0.6) is 0 Å². The average Bonchev–Trinajstić information content (AvgIpc) is 2.15. The lowest BCUT2D eigenvalue weighted by atomic mass is 9.93. The molecule has 1 fully saturated rings. The minimum absolute atomic E-state index is 0.102. The van der Waals surface area contributed by atoms with Crippen LogP contribution in [0, 0.1) is 5.92 Å². The van der Waals surface area contributed by atoms with E-state index in [2.05, 4.69) is 0 Å². The molecule has 9 heteroatoms. The van der Waals surface area contributed by atoms with Crippen molar-refractivity contribution in [2.75, 3.05) is 6.54 Å². The summed E-state index contributed by atoms with van der Waals surface area (Å²) in [6, 6.07) is -0.962. The van der Waals surface area contributed by atoms with Crippen molar-refractivity contribution >= 4 is 16.0 Å². The maximum Gasteiger partial charge on any atom is 0.511 e. The van der Waals surface area contributed by atoms with E-state index in [1.54, 1.807) is 0 Å². The largest absolute Gasteiger partial charge is 0.511 e. The highest BCUT2D eigenvalue weighted by molar-refractivity contribution is 7.90. The molecule has 1 saturated heterocycles. The molecule has 17 heavy (non-hydrogen) atoms. The Balaban J connectivity index is 2.88. The number of sulfonamides is 1. The minimum Gasteiger partial charge on any atom is -0.481 e. The summed E-state index contributed by atoms with van der Waals surface area (Å²) in [6.07, 6.45) is -0.209. The van der Waals surface area contributed by atoms with Crippen molar-refractivity contribution in [1.29, 1.82) is 0 Å². The van der Waals surface area contributed by atoms with Crippen LogP contribution in [-0.4, -0.2) is 41.9 Å². The zero-order chi connectivity index (χ0) is 13.4. The van der Waals surface area contributed by atoms with Crippen LogP contribution in [0.3, 0.4) is 0 Å². The molecule has 0 saturated carbocycles. The van der Waals surface area contributed by atoms with Gasteiger partial charge in [0, 0.05) is 12.6 Å². The molecule has 5 nitrogen and oxygen atoms in total. The van der Waals surface area contributed by atoms with Gasteiger partial charge in [-0.1, -0.05) is 0 Å². The van der Waals surface area contributed by atoms with E-state index >= 15 is 0 Å². The van der Waals surface area contributed by atoms with Gasteiger partial charge in [0.05, 0.1) is 5.92 Å². The Labute approximate surface area is 96.3 Å². The van der Waals surface area contributed by atoms with Gasteiger partial charge in [-0.3, -0.25) is 4.79 Å². The third-order valence-electron chi connectivity index (χ3n) is 2.77. The highest BCUT2D eigenvalue weighted by Gasteiger charge is 2.52. The summed E-state index contributed by atoms with van der Waals surface area (Å²) in [6.45, 7) is 0.859. The third-order valence-corrected chi connectivity index (χ3v) is 4.51. The average molecular weight is 275 g/mol. The SMILES string of the molecule is CC1CC(C(=O)O)CCN1S(=O)(=O)C(F)(F)F. The maximum absolute atomic E-state index is 12.3. The van der Waals surface area contributed by atoms with Gasteiger partial charge in [-0.2, -0.15) is 17.5 Å². The first-order valence-corrected chi connectivity index (χ1v) is 6.32. The van der Waals surface area contributed by atoms with Crippen LogP contribution in [0.25, 0.3) is 0 Å². The van der Waals surface area contributed by atoms with Crippen LogP contribution >= 0.6 is 0 Å². The van der Waals surface area contributed by atoms with Crippen molar-refractivity contribution in [1.82, 2.24) is 4.31 Å². The molecule has 0 aliphatic carbocycles. The van der Waals surface area contributed by atoms with E-state index in [0.29, 0.717) is 4.31 Å². The molecule has 100 valence electrons. The highest BCUT2D eigenvalue weighted by atomic mass is 32.2. The van der Waals surface area contributed by atoms with Gasteiger partial charge in [0.1, 0.15) is 0 Å². The summed E-state index contributed by atoms with van der Waals surface area (Å²) in [7, 11) is -5.36. The number of piperidine rings is 1. The lowest BCUT2D eigenvalue weighted by Gasteiger charge is -2.35. The minimum atomic E-state index is -5.36. The summed E-state index contributed by atoms with van der Waals surface area (Å²) in [5.74, 6) is -1.90. The molecule has 1 heterocycles. The lowest BCUT2D eigenvalue weighted by molar-refractivity contribution is -0.143. The van der Waals surface area contributed by atoms with E-state index in [4.69, 9.17) is 5.11 Å². The Morgan fingerprint density at radius 2 is 1.94 bits per heavy atom. The number of aliphatic carboxylic acids is 1. The number of nitrogens with zero attached hydrogens (tertiary/aromatic N) is 1. The fraction of sp³-hybridized carbons (Fsp3) is 0.875. The number of carboxylic acids is 1. The van der Waals surface area contributed by atoms with Gasteiger partial charge in [-0.25, -0.2) is 8.42 Å². The number of hydrogen-bond acceptors (Lipinski definition) is 3. The standard InChI is InChI=1S/C8H12F3NO4S/c1-5-4-6(7(13)14)2-3-12(5)17(15,16)8(9,10)11/h5-6H,2-4H2,1H3,(H,13,14). The first-order valence-electron chi connectivity index (χ1n) is 4.88. The molecule has 1 rings (SSSR count). The summed E-state index contributed by atoms with van der Waals surface area (Å²) >= 11 is 0. The first kappa shape index (κ1) is 14.2. The molecule has 0 aromatic carbocycles. The Hall–Kier alpha value is -0.830. The molecule has 2 atom stereocenters. The summed E-state index contributed by atoms with van der Waals surface area (Å²) < 4.78 is 59.5. The van der Waals surface area contributed by atoms with Crippen molar-refractivity contribution in [2.45, 2.75) is 31.3 Å². The third kappa shape index (κ3) is 2.71. The topological polar surface area (TPSA) is 74.7 Å². The Morgan fingerprint density at radius 3 is 2.29 bits per heavy atom. The number of carbonyl (C=O) groups is 1. The van der Waals surface area contributed by atoms with E-state index in [-0.39, 0.29) is 12.8 Å². The summed E-state index contributed by atoms with van der Waals surface area (Å²) in [4.78, 5) is 10.7. The van der Waals surface area contributed by atoms with Gasteiger partial charge in [0.2, 0.25) is 0 Å². The van der Waals surface area contributed by atoms with Gasteiger partial charge < -0.3 is 5.11 Å². The molecular formula is C8H12F3NO4S. The molecule has 1 N–H and O–H groups in total. The Bertz CT molecular complexity index is 405. The predicted octanol–water partition coefficient (Wildman–Crippen LogP) is 1.02. The van der Waals surface area contributed by atoms with Gasteiger partial charge >= 0.3 is 21.5 Å². The molecule has 1 aliphatic heterocycles. The van der Waals surface area contributed by atoms with Crippen LogP contribution in [0.4, 0.5) is 13.2 Å².